The second-order valence-electron chi connectivity index (χ2n) is 9.96. The van der Waals surface area contributed by atoms with Gasteiger partial charge in [-0.25, -0.2) is 4.98 Å². The maximum atomic E-state index is 13.6. The molecule has 2 amide bonds. The summed E-state index contributed by atoms with van der Waals surface area (Å²) in [6, 6.07) is 14.3. The zero-order valence-electron chi connectivity index (χ0n) is 20.8. The summed E-state index contributed by atoms with van der Waals surface area (Å²) in [6.07, 6.45) is -1.02. The van der Waals surface area contributed by atoms with E-state index in [1.807, 2.05) is 35.2 Å². The van der Waals surface area contributed by atoms with Crippen molar-refractivity contribution < 1.29 is 22.8 Å². The first-order valence-electron chi connectivity index (χ1n) is 12.7. The zero-order chi connectivity index (χ0) is 27.0. The van der Waals surface area contributed by atoms with Crippen LogP contribution in [0.2, 0.25) is 5.02 Å². The van der Waals surface area contributed by atoms with E-state index < -0.39 is 17.9 Å². The number of hydrogen-bond donors (Lipinski definition) is 1. The molecule has 5 rings (SSSR count). The highest BCUT2D eigenvalue weighted by Gasteiger charge is 2.38. The average molecular weight is 545 g/mol. The van der Waals surface area contributed by atoms with Crippen molar-refractivity contribution in [1.29, 1.82) is 0 Å². The van der Waals surface area contributed by atoms with Gasteiger partial charge in [0.1, 0.15) is 11.7 Å². The van der Waals surface area contributed by atoms with Gasteiger partial charge in [-0.05, 0) is 68.5 Å². The Bertz CT molecular complexity index is 1340. The molecule has 200 valence electrons. The van der Waals surface area contributed by atoms with Crippen LogP contribution in [0.3, 0.4) is 0 Å². The number of fused-ring (bicyclic) bond motifs is 1. The van der Waals surface area contributed by atoms with Gasteiger partial charge in [0.25, 0.3) is 0 Å². The van der Waals surface area contributed by atoms with Gasteiger partial charge in [-0.15, -0.1) is 0 Å². The molecule has 1 saturated carbocycles. The monoisotopic (exact) mass is 544 g/mol. The molecule has 1 saturated heterocycles. The Morgan fingerprint density at radius 1 is 1.05 bits per heavy atom. The summed E-state index contributed by atoms with van der Waals surface area (Å²) < 4.78 is 40.7. The fourth-order valence-corrected chi connectivity index (χ4v) is 5.74. The molecule has 1 aromatic heterocycles. The van der Waals surface area contributed by atoms with Crippen molar-refractivity contribution in [2.75, 3.05) is 16.8 Å². The first kappa shape index (κ1) is 26.3. The molecule has 2 heterocycles. The molecule has 2 aromatic carbocycles. The largest absolute Gasteiger partial charge is 0.433 e. The van der Waals surface area contributed by atoms with E-state index in [2.05, 4.69) is 10.3 Å². The number of rotatable bonds is 5. The molecule has 1 atom stereocenters. The lowest BCUT2D eigenvalue weighted by Crippen LogP contribution is -2.50. The number of halogens is 4. The number of anilines is 2. The smallest absolute Gasteiger partial charge is 0.371 e. The van der Waals surface area contributed by atoms with Crippen molar-refractivity contribution in [3.63, 3.8) is 0 Å². The highest BCUT2D eigenvalue weighted by atomic mass is 35.5. The molecule has 0 radical (unpaired) electrons. The molecule has 3 aromatic rings. The Hall–Kier alpha value is -3.33. The topological polar surface area (TPSA) is 65.5 Å². The number of nitrogens with zero attached hydrogens (tertiary/aromatic N) is 3. The van der Waals surface area contributed by atoms with E-state index in [9.17, 15) is 22.8 Å². The van der Waals surface area contributed by atoms with E-state index in [0.717, 1.165) is 6.07 Å². The molecule has 1 unspecified atom stereocenters. The molecule has 10 heteroatoms. The van der Waals surface area contributed by atoms with E-state index in [4.69, 9.17) is 11.6 Å². The summed E-state index contributed by atoms with van der Waals surface area (Å²) in [4.78, 5) is 32.9. The summed E-state index contributed by atoms with van der Waals surface area (Å²) in [7, 11) is 1.79. The summed E-state index contributed by atoms with van der Waals surface area (Å²) in [6.45, 7) is 0. The predicted molar refractivity (Wildman–Crippen MR) is 141 cm³/mol. The van der Waals surface area contributed by atoms with E-state index in [-0.39, 0.29) is 29.4 Å². The predicted octanol–water partition coefficient (Wildman–Crippen LogP) is 5.97. The Balaban J connectivity index is 1.27. The zero-order valence-corrected chi connectivity index (χ0v) is 21.6. The minimum Gasteiger partial charge on any atom is -0.371 e. The Labute approximate surface area is 223 Å². The lowest BCUT2D eigenvalue weighted by molar-refractivity contribution is -0.141. The summed E-state index contributed by atoms with van der Waals surface area (Å²) >= 11 is 6.16. The van der Waals surface area contributed by atoms with Gasteiger partial charge in [0.05, 0.1) is 5.52 Å². The van der Waals surface area contributed by atoms with Crippen molar-refractivity contribution in [1.82, 2.24) is 10.3 Å². The number of alkyl halides is 3. The number of nitrogens with one attached hydrogen (secondary N) is 1. The summed E-state index contributed by atoms with van der Waals surface area (Å²) in [5.41, 5.74) is 0.439. The van der Waals surface area contributed by atoms with Crippen LogP contribution in [0.4, 0.5) is 24.5 Å². The third-order valence-corrected chi connectivity index (χ3v) is 7.79. The minimum absolute atomic E-state index is 0.0114. The quantitative estimate of drug-likeness (QED) is 0.430. The Morgan fingerprint density at radius 2 is 1.76 bits per heavy atom. The SMILES string of the molecule is CN(c1cc(C(F)(F)F)nc2ccc(Cl)cc12)C1CCC(NC(=O)C2CCC(=O)N2c2ccccc2)CC1. The van der Waals surface area contributed by atoms with Gasteiger partial charge in [-0.3, -0.25) is 14.5 Å². The van der Waals surface area contributed by atoms with E-state index >= 15 is 0 Å². The Morgan fingerprint density at radius 3 is 2.45 bits per heavy atom. The number of hydrogen-bond acceptors (Lipinski definition) is 4. The number of carbonyl (C=O) groups excluding carboxylic acids is 2. The van der Waals surface area contributed by atoms with Gasteiger partial charge in [-0.1, -0.05) is 29.8 Å². The summed E-state index contributed by atoms with van der Waals surface area (Å²) in [5, 5.41) is 4.11. The lowest BCUT2D eigenvalue weighted by Gasteiger charge is -2.37. The molecule has 38 heavy (non-hydrogen) atoms. The normalized spacial score (nSPS) is 22.1. The van der Waals surface area contributed by atoms with Crippen molar-refractivity contribution in [2.24, 2.45) is 0 Å². The van der Waals surface area contributed by atoms with E-state index in [0.29, 0.717) is 60.3 Å². The van der Waals surface area contributed by atoms with E-state index in [1.54, 1.807) is 18.0 Å². The average Bonchev–Trinajstić information content (AvgIpc) is 3.29. The Kier molecular flexibility index (Phi) is 7.22. The number of amides is 2. The van der Waals surface area contributed by atoms with E-state index in [1.165, 1.54) is 12.1 Å². The maximum Gasteiger partial charge on any atom is 0.433 e. The molecule has 0 bridgehead atoms. The van der Waals surface area contributed by atoms with Crippen LogP contribution in [0.1, 0.15) is 44.2 Å². The van der Waals surface area contributed by atoms with Crippen molar-refractivity contribution >= 4 is 45.7 Å². The highest BCUT2D eigenvalue weighted by Crippen LogP contribution is 2.37. The molecule has 6 nitrogen and oxygen atoms in total. The third-order valence-electron chi connectivity index (χ3n) is 7.56. The van der Waals surface area contributed by atoms with Crippen molar-refractivity contribution in [3.05, 3.63) is 65.3 Å². The molecule has 2 aliphatic rings. The highest BCUT2D eigenvalue weighted by molar-refractivity contribution is 6.31. The molecule has 0 spiro atoms. The van der Waals surface area contributed by atoms with Gasteiger partial charge in [-0.2, -0.15) is 13.2 Å². The van der Waals surface area contributed by atoms with Gasteiger partial charge in [0.15, 0.2) is 0 Å². The van der Waals surface area contributed by atoms with Crippen molar-refractivity contribution in [2.45, 2.75) is 62.8 Å². The number of carbonyl (C=O) groups is 2. The van der Waals surface area contributed by atoms with Crippen LogP contribution in [0.25, 0.3) is 10.9 Å². The molecular weight excluding hydrogens is 517 g/mol. The number of aromatic nitrogens is 1. The first-order valence-corrected chi connectivity index (χ1v) is 13.1. The molecule has 1 aliphatic carbocycles. The van der Waals surface area contributed by atoms with Crippen LogP contribution >= 0.6 is 11.6 Å². The van der Waals surface area contributed by atoms with Crippen LogP contribution in [0.5, 0.6) is 0 Å². The third kappa shape index (κ3) is 5.29. The lowest BCUT2D eigenvalue weighted by atomic mass is 9.89. The second-order valence-corrected chi connectivity index (χ2v) is 10.4. The van der Waals surface area contributed by atoms with Gasteiger partial charge >= 0.3 is 6.18 Å². The second kappa shape index (κ2) is 10.4. The van der Waals surface area contributed by atoms with Gasteiger partial charge in [0, 0.05) is 47.3 Å². The van der Waals surface area contributed by atoms with Crippen LogP contribution in [0.15, 0.2) is 54.6 Å². The first-order chi connectivity index (χ1) is 18.1. The standard InChI is InChI=1S/C28H28ClF3N4O2/c1-35(24-16-25(28(30,31)32)34-22-12-7-17(29)15-21(22)24)19-10-8-18(9-11-19)33-27(38)23-13-14-26(37)36(23)20-5-3-2-4-6-20/h2-7,12,15-16,18-19,23H,8-11,13-14H2,1H3,(H,33,38). The van der Waals surface area contributed by atoms with Crippen LogP contribution in [-0.4, -0.2) is 42.0 Å². The van der Waals surface area contributed by atoms with Gasteiger partial charge in [0.2, 0.25) is 11.8 Å². The maximum absolute atomic E-state index is 13.6. The summed E-state index contributed by atoms with van der Waals surface area (Å²) in [5.74, 6) is -0.231. The minimum atomic E-state index is -4.57. The molecule has 1 aliphatic heterocycles. The van der Waals surface area contributed by atoms with Crippen LogP contribution < -0.4 is 15.1 Å². The fourth-order valence-electron chi connectivity index (χ4n) is 5.56. The number of pyridine rings is 1. The van der Waals surface area contributed by atoms with Crippen molar-refractivity contribution in [3.8, 4) is 0 Å². The van der Waals surface area contributed by atoms with Crippen LogP contribution in [-0.2, 0) is 15.8 Å². The molecule has 1 N–H and O–H groups in total. The fraction of sp³-hybridized carbons (Fsp3) is 0.393. The molecule has 2 fully saturated rings. The number of para-hydroxylation sites is 1. The molecular formula is C28H28ClF3N4O2. The van der Waals surface area contributed by atoms with Crippen LogP contribution in [0, 0.1) is 0 Å². The number of benzene rings is 2. The van der Waals surface area contributed by atoms with Gasteiger partial charge < -0.3 is 10.2 Å².